The first-order valence-electron chi connectivity index (χ1n) is 19.2. The lowest BCUT2D eigenvalue weighted by atomic mass is 9.97. The lowest BCUT2D eigenvalue weighted by molar-refractivity contribution is -0.593. The predicted octanol–water partition coefficient (Wildman–Crippen LogP) is 5.14. The van der Waals surface area contributed by atoms with Gasteiger partial charge in [-0.3, -0.25) is 25.5 Å². The number of nitrogens with two attached hydrogens (primary N) is 1. The third-order valence-corrected chi connectivity index (χ3v) is 11.5. The molecule has 5 heterocycles. The summed E-state index contributed by atoms with van der Waals surface area (Å²) < 4.78 is 10.8. The quantitative estimate of drug-likeness (QED) is 0.0800. The molecule has 0 saturated carbocycles. The molecule has 0 bridgehead atoms. The van der Waals surface area contributed by atoms with Crippen LogP contribution < -0.4 is 21.7 Å². The first-order valence-corrected chi connectivity index (χ1v) is 19.2. The number of fused-ring (bicyclic) bond motifs is 1. The third-order valence-electron chi connectivity index (χ3n) is 11.5. The maximum absolute atomic E-state index is 13.5. The van der Waals surface area contributed by atoms with E-state index in [1.54, 1.807) is 0 Å². The van der Waals surface area contributed by atoms with Gasteiger partial charge >= 0.3 is 17.9 Å². The van der Waals surface area contributed by atoms with Crippen molar-refractivity contribution >= 4 is 17.9 Å². The number of nitrogens with zero attached hydrogens (tertiary/aromatic N) is 2. The van der Waals surface area contributed by atoms with Crippen molar-refractivity contribution in [2.45, 2.75) is 205 Å². The van der Waals surface area contributed by atoms with Crippen LogP contribution in [0.1, 0.15) is 156 Å². The minimum atomic E-state index is -0.334. The van der Waals surface area contributed by atoms with Crippen molar-refractivity contribution in [3.05, 3.63) is 11.3 Å². The number of hydrogen-bond donors (Lipinski definition) is 5. The molecule has 9 heteroatoms. The van der Waals surface area contributed by atoms with Gasteiger partial charge in [-0.25, -0.2) is 10.1 Å². The Labute approximate surface area is 278 Å². The second kappa shape index (κ2) is 16.7. The molecule has 0 aromatic rings. The number of carbonyl (C=O) groups excluding carboxylic acids is 1. The van der Waals surface area contributed by atoms with Gasteiger partial charge in [-0.2, -0.15) is 0 Å². The van der Waals surface area contributed by atoms with Gasteiger partial charge < -0.3 is 9.84 Å². The van der Waals surface area contributed by atoms with E-state index < -0.39 is 0 Å². The summed E-state index contributed by atoms with van der Waals surface area (Å²) in [6.45, 7) is 8.51. The molecule has 6 N–H and O–H groups in total. The Balaban J connectivity index is 1.01. The molecule has 8 atom stereocenters. The highest BCUT2D eigenvalue weighted by Crippen LogP contribution is 2.33. The third kappa shape index (κ3) is 8.78. The van der Waals surface area contributed by atoms with E-state index in [2.05, 4.69) is 38.9 Å². The summed E-state index contributed by atoms with van der Waals surface area (Å²) in [5.41, 5.74) is 7.98. The van der Waals surface area contributed by atoms with Crippen LogP contribution in [0.15, 0.2) is 11.3 Å². The average molecular weight is 643 g/mol. The molecule has 2 saturated heterocycles. The normalized spacial score (nSPS) is 29.9. The Morgan fingerprint density at radius 3 is 2.41 bits per heavy atom. The largest absolute Gasteiger partial charge is 0.459 e. The Morgan fingerprint density at radius 1 is 0.935 bits per heavy atom. The molecule has 0 aromatic carbocycles. The van der Waals surface area contributed by atoms with E-state index >= 15 is 0 Å². The van der Waals surface area contributed by atoms with E-state index in [4.69, 9.17) is 10.5 Å². The second-order valence-electron chi connectivity index (χ2n) is 15.4. The van der Waals surface area contributed by atoms with E-state index in [9.17, 15) is 9.90 Å². The molecular formula is C37H66N6O3+2. The molecule has 5 aliphatic rings. The zero-order valence-electron chi connectivity index (χ0n) is 29.5. The van der Waals surface area contributed by atoms with Crippen LogP contribution in [-0.4, -0.2) is 80.6 Å². The van der Waals surface area contributed by atoms with Gasteiger partial charge in [0.1, 0.15) is 11.6 Å². The van der Waals surface area contributed by atoms with Gasteiger partial charge in [0.05, 0.1) is 48.1 Å². The second-order valence-corrected chi connectivity index (χ2v) is 15.4. The predicted molar refractivity (Wildman–Crippen MR) is 185 cm³/mol. The van der Waals surface area contributed by atoms with Crippen LogP contribution in [0, 0.1) is 0 Å². The van der Waals surface area contributed by atoms with Gasteiger partial charge in [0.25, 0.3) is 0 Å². The van der Waals surface area contributed by atoms with E-state index in [1.165, 1.54) is 83.0 Å². The fourth-order valence-electron chi connectivity index (χ4n) is 9.15. The van der Waals surface area contributed by atoms with Crippen LogP contribution in [0.3, 0.4) is 0 Å². The summed E-state index contributed by atoms with van der Waals surface area (Å²) in [7, 11) is 0. The number of aliphatic hydroxyl groups excluding tert-OH is 1. The van der Waals surface area contributed by atoms with Crippen molar-refractivity contribution in [3.63, 3.8) is 0 Å². The van der Waals surface area contributed by atoms with Crippen LogP contribution >= 0.6 is 0 Å². The fraction of sp³-hybridized carbons (Fsp3) is 0.865. The Bertz CT molecular complexity index is 1130. The van der Waals surface area contributed by atoms with Crippen LogP contribution in [-0.2, 0) is 9.53 Å². The smallest absolute Gasteiger partial charge is 0.348 e. The molecule has 5 rings (SSSR count). The van der Waals surface area contributed by atoms with Crippen molar-refractivity contribution in [3.8, 4) is 0 Å². The van der Waals surface area contributed by atoms with Gasteiger partial charge in [-0.15, -0.1) is 0 Å². The van der Waals surface area contributed by atoms with Crippen LogP contribution in [0.2, 0.25) is 0 Å². The Kier molecular flexibility index (Phi) is 12.7. The van der Waals surface area contributed by atoms with E-state index in [-0.39, 0.29) is 30.3 Å². The van der Waals surface area contributed by atoms with Gasteiger partial charge in [0.2, 0.25) is 0 Å². The Morgan fingerprint density at radius 2 is 1.63 bits per heavy atom. The van der Waals surface area contributed by atoms with Gasteiger partial charge in [0.15, 0.2) is 0 Å². The lowest BCUT2D eigenvalue weighted by Gasteiger charge is -2.35. The molecule has 0 spiro atoms. The highest BCUT2D eigenvalue weighted by Gasteiger charge is 2.46. The molecular weight excluding hydrogens is 576 g/mol. The SMILES string of the molecule is CCCCCCCCC[C@H](O)C[C@@H]1CC[C@H]2C(C(=O)O[C@H](C)CCCCC[C@H]3C[C@H]4CC[C@H]5C[C@@H](C)NC(=[N+]45)N3)=C(C)NC(N)=[N+]12. The molecule has 46 heavy (non-hydrogen) atoms. The molecule has 0 aromatic heterocycles. The number of nitrogens with one attached hydrogen (secondary N) is 3. The van der Waals surface area contributed by atoms with Crippen LogP contribution in [0.5, 0.6) is 0 Å². The molecule has 260 valence electrons. The molecule has 0 amide bonds. The number of rotatable bonds is 18. The van der Waals surface area contributed by atoms with Crippen molar-refractivity contribution < 1.29 is 23.8 Å². The maximum atomic E-state index is 13.5. The summed E-state index contributed by atoms with van der Waals surface area (Å²) in [5.74, 6) is 1.66. The zero-order valence-corrected chi connectivity index (χ0v) is 29.5. The number of guanidine groups is 2. The number of carbonyl (C=O) groups is 1. The summed E-state index contributed by atoms with van der Waals surface area (Å²) in [4.78, 5) is 13.5. The lowest BCUT2D eigenvalue weighted by Crippen LogP contribution is -2.61. The minimum Gasteiger partial charge on any atom is -0.459 e. The number of unbranched alkanes of at least 4 members (excludes halogenated alkanes) is 8. The number of esters is 1. The molecule has 2 fully saturated rings. The van der Waals surface area contributed by atoms with Crippen molar-refractivity contribution in [1.82, 2.24) is 16.0 Å². The first kappa shape index (κ1) is 35.0. The Hall–Kier alpha value is -2.29. The summed E-state index contributed by atoms with van der Waals surface area (Å²) in [6.07, 6.45) is 22.3. The average Bonchev–Trinajstić information content (AvgIpc) is 3.61. The number of aliphatic hydroxyl groups is 1. The molecule has 0 aliphatic carbocycles. The fourth-order valence-corrected chi connectivity index (χ4v) is 9.15. The van der Waals surface area contributed by atoms with Crippen molar-refractivity contribution in [1.29, 1.82) is 0 Å². The molecule has 9 nitrogen and oxygen atoms in total. The monoisotopic (exact) mass is 643 g/mol. The van der Waals surface area contributed by atoms with Gasteiger partial charge in [0, 0.05) is 19.3 Å². The zero-order chi connectivity index (χ0) is 32.6. The van der Waals surface area contributed by atoms with E-state index in [1.807, 2.05) is 13.8 Å². The van der Waals surface area contributed by atoms with Crippen molar-refractivity contribution in [2.24, 2.45) is 5.73 Å². The number of ether oxygens (including phenoxy) is 1. The summed E-state index contributed by atoms with van der Waals surface area (Å²) >= 11 is 0. The van der Waals surface area contributed by atoms with Crippen LogP contribution in [0.25, 0.3) is 0 Å². The van der Waals surface area contributed by atoms with Gasteiger partial charge in [-0.05, 0) is 72.1 Å². The van der Waals surface area contributed by atoms with Gasteiger partial charge in [-0.1, -0.05) is 64.7 Å². The number of hydrogen-bond acceptors (Lipinski definition) is 7. The minimum absolute atomic E-state index is 0.0784. The summed E-state index contributed by atoms with van der Waals surface area (Å²) in [6, 6.07) is 2.60. The molecule has 0 radical (unpaired) electrons. The standard InChI is InChI=1S/C37H64N6O3/c1-5-6-7-8-9-10-14-17-32(44)24-31-20-21-33-34(27(4)40-36(38)43(31)33)35(45)46-26(3)15-12-11-13-16-28-23-30-19-18-29-22-25(2)39-37(41-28)42(29)30/h25-26,28-33,44H,5-24H2,1-4H3,(H3,38,39,40,41,45)/p+2/t25-,26-,28+,29+,30-,31+,32+,33+/m1/s1. The topological polar surface area (TPSA) is 115 Å². The molecule has 0 unspecified atom stereocenters. The highest BCUT2D eigenvalue weighted by molar-refractivity contribution is 5.93. The number of allylic oxidation sites excluding steroid dienone is 1. The van der Waals surface area contributed by atoms with E-state index in [0.29, 0.717) is 36.1 Å². The summed E-state index contributed by atoms with van der Waals surface area (Å²) in [5, 5.41) is 21.6. The first-order chi connectivity index (χ1) is 22.2. The maximum Gasteiger partial charge on any atom is 0.348 e. The van der Waals surface area contributed by atoms with E-state index in [0.717, 1.165) is 56.7 Å². The van der Waals surface area contributed by atoms with Crippen LogP contribution in [0.4, 0.5) is 0 Å². The molecule has 5 aliphatic heterocycles. The highest BCUT2D eigenvalue weighted by atomic mass is 16.5. The van der Waals surface area contributed by atoms with Crippen molar-refractivity contribution in [2.75, 3.05) is 0 Å².